The quantitative estimate of drug-likeness (QED) is 0.511. The molecule has 4 aliphatic rings. The van der Waals surface area contributed by atoms with Crippen LogP contribution in [0.3, 0.4) is 0 Å². The number of phenols is 1. The van der Waals surface area contributed by atoms with Crippen molar-refractivity contribution in [3.63, 3.8) is 0 Å². The summed E-state index contributed by atoms with van der Waals surface area (Å²) in [7, 11) is 1.32. The summed E-state index contributed by atoms with van der Waals surface area (Å²) in [5.41, 5.74) is 2.17. The van der Waals surface area contributed by atoms with Gasteiger partial charge in [-0.2, -0.15) is 0 Å². The number of aromatic hydroxyl groups is 1. The van der Waals surface area contributed by atoms with Crippen LogP contribution in [0.25, 0.3) is 0 Å². The highest BCUT2D eigenvalue weighted by atomic mass is 16.7. The molecule has 3 unspecified atom stereocenters. The molecule has 6 nitrogen and oxygen atoms in total. The highest BCUT2D eigenvalue weighted by molar-refractivity contribution is 5.96. The minimum atomic E-state index is -0.804. The third kappa shape index (κ3) is 3.62. The molecule has 0 aromatic heterocycles. The van der Waals surface area contributed by atoms with Crippen LogP contribution in [0.4, 0.5) is 0 Å². The van der Waals surface area contributed by atoms with Gasteiger partial charge in [0.1, 0.15) is 17.1 Å². The Kier molecular flexibility index (Phi) is 5.41. The minimum Gasteiger partial charge on any atom is -0.507 e. The fourth-order valence-corrected chi connectivity index (χ4v) is 6.29. The van der Waals surface area contributed by atoms with Crippen molar-refractivity contribution < 1.29 is 28.8 Å². The molecule has 1 N–H and O–H groups in total. The fraction of sp³-hybridized carbons (Fsp3) is 0.720. The summed E-state index contributed by atoms with van der Waals surface area (Å²) in [4.78, 5) is 12.6. The summed E-state index contributed by atoms with van der Waals surface area (Å²) in [6.45, 7) is 2.89. The highest BCUT2D eigenvalue weighted by Crippen LogP contribution is 2.58. The second-order valence-electron chi connectivity index (χ2n) is 10.0. The van der Waals surface area contributed by atoms with Crippen molar-refractivity contribution in [2.45, 2.75) is 95.5 Å². The van der Waals surface area contributed by atoms with Crippen molar-refractivity contribution in [1.82, 2.24) is 0 Å². The van der Waals surface area contributed by atoms with E-state index in [1.165, 1.54) is 32.8 Å². The van der Waals surface area contributed by atoms with Gasteiger partial charge in [0.15, 0.2) is 0 Å². The molecule has 0 bridgehead atoms. The zero-order valence-corrected chi connectivity index (χ0v) is 18.7. The number of carbonyl (C=O) groups is 1. The zero-order valence-electron chi connectivity index (χ0n) is 18.7. The molecule has 1 saturated heterocycles. The van der Waals surface area contributed by atoms with E-state index in [0.717, 1.165) is 49.7 Å². The lowest BCUT2D eigenvalue weighted by molar-refractivity contribution is -0.197. The van der Waals surface area contributed by atoms with Crippen molar-refractivity contribution in [3.8, 4) is 11.5 Å². The number of ether oxygens (including phenoxy) is 4. The molecule has 6 heteroatoms. The average molecular weight is 431 g/mol. The van der Waals surface area contributed by atoms with Crippen LogP contribution in [0.1, 0.15) is 98.7 Å². The molecule has 3 aliphatic heterocycles. The van der Waals surface area contributed by atoms with E-state index in [9.17, 15) is 9.90 Å². The highest BCUT2D eigenvalue weighted by Gasteiger charge is 2.57. The lowest BCUT2D eigenvalue weighted by atomic mass is 9.78. The Labute approximate surface area is 184 Å². The molecule has 31 heavy (non-hydrogen) atoms. The second-order valence-corrected chi connectivity index (χ2v) is 10.0. The van der Waals surface area contributed by atoms with E-state index in [0.29, 0.717) is 18.8 Å². The molecule has 5 rings (SSSR count). The molecule has 1 aliphatic carbocycles. The van der Waals surface area contributed by atoms with Crippen molar-refractivity contribution in [3.05, 3.63) is 22.8 Å². The molecule has 0 radical (unpaired) electrons. The largest absolute Gasteiger partial charge is 0.507 e. The number of esters is 1. The van der Waals surface area contributed by atoms with E-state index >= 15 is 0 Å². The predicted molar refractivity (Wildman–Crippen MR) is 114 cm³/mol. The maximum atomic E-state index is 12.6. The first-order valence-electron chi connectivity index (χ1n) is 11.9. The van der Waals surface area contributed by atoms with E-state index in [1.54, 1.807) is 6.07 Å². The first-order valence-corrected chi connectivity index (χ1v) is 11.9. The monoisotopic (exact) mass is 430 g/mol. The summed E-state index contributed by atoms with van der Waals surface area (Å²) < 4.78 is 24.5. The molecule has 1 aromatic rings. The predicted octanol–water partition coefficient (Wildman–Crippen LogP) is 5.20. The maximum Gasteiger partial charge on any atom is 0.345 e. The number of methoxy groups -OCH3 is 1. The summed E-state index contributed by atoms with van der Waals surface area (Å²) in [6.07, 6.45) is 11.3. The molecule has 3 heterocycles. The van der Waals surface area contributed by atoms with Crippen LogP contribution >= 0.6 is 0 Å². The number of hydrogen-bond donors (Lipinski definition) is 1. The number of benzene rings is 1. The van der Waals surface area contributed by atoms with Crippen molar-refractivity contribution >= 4 is 5.97 Å². The number of carbonyl (C=O) groups excluding carboxylic acids is 1. The Morgan fingerprint density at radius 1 is 1.29 bits per heavy atom. The molecule has 0 amide bonds. The van der Waals surface area contributed by atoms with Crippen LogP contribution in [-0.2, 0) is 20.6 Å². The van der Waals surface area contributed by atoms with Gasteiger partial charge in [-0.1, -0.05) is 39.0 Å². The summed E-state index contributed by atoms with van der Waals surface area (Å²) in [5.74, 6) is -1.08. The second kappa shape index (κ2) is 7.96. The Bertz CT molecular complexity index is 858. The molecule has 170 valence electrons. The van der Waals surface area contributed by atoms with Crippen LogP contribution in [0.5, 0.6) is 11.5 Å². The molecule has 2 spiro atoms. The van der Waals surface area contributed by atoms with E-state index < -0.39 is 11.8 Å². The van der Waals surface area contributed by atoms with E-state index in [4.69, 9.17) is 18.9 Å². The summed E-state index contributed by atoms with van der Waals surface area (Å²) >= 11 is 0. The fourth-order valence-electron chi connectivity index (χ4n) is 6.29. The van der Waals surface area contributed by atoms with E-state index in [1.807, 2.05) is 0 Å². The molecule has 3 atom stereocenters. The van der Waals surface area contributed by atoms with Gasteiger partial charge in [-0.05, 0) is 37.3 Å². The first kappa shape index (κ1) is 21.1. The lowest BCUT2D eigenvalue weighted by Gasteiger charge is -2.44. The molecule has 2 fully saturated rings. The lowest BCUT2D eigenvalue weighted by Crippen LogP contribution is -2.44. The Morgan fingerprint density at radius 3 is 2.84 bits per heavy atom. The molecule has 1 saturated carbocycles. The molecule has 1 aromatic carbocycles. The Morgan fingerprint density at radius 2 is 2.10 bits per heavy atom. The van der Waals surface area contributed by atoms with Gasteiger partial charge in [0.25, 0.3) is 0 Å². The summed E-state index contributed by atoms with van der Waals surface area (Å²) in [6, 6.07) is 1.71. The van der Waals surface area contributed by atoms with Crippen molar-refractivity contribution in [2.75, 3.05) is 13.7 Å². The normalized spacial score (nSPS) is 30.4. The van der Waals surface area contributed by atoms with Gasteiger partial charge in [-0.3, -0.25) is 0 Å². The van der Waals surface area contributed by atoms with Crippen LogP contribution in [-0.4, -0.2) is 36.7 Å². The Hall–Kier alpha value is -1.79. The number of hydrogen-bond acceptors (Lipinski definition) is 6. The Balaban J connectivity index is 1.53. The van der Waals surface area contributed by atoms with Gasteiger partial charge in [0.2, 0.25) is 5.79 Å². The topological polar surface area (TPSA) is 74.2 Å². The van der Waals surface area contributed by atoms with Crippen molar-refractivity contribution in [1.29, 1.82) is 0 Å². The van der Waals surface area contributed by atoms with Gasteiger partial charge in [-0.25, -0.2) is 4.79 Å². The average Bonchev–Trinajstić information content (AvgIpc) is 3.34. The molecular weight excluding hydrogens is 396 g/mol. The van der Waals surface area contributed by atoms with Gasteiger partial charge in [0, 0.05) is 23.8 Å². The number of unbranched alkanes of at least 4 members (excludes halogenated alkanes) is 2. The van der Waals surface area contributed by atoms with Gasteiger partial charge in [-0.15, -0.1) is 0 Å². The third-order valence-corrected chi connectivity index (χ3v) is 7.76. The standard InChI is InChI=1S/C25H34O6/c1-3-4-5-8-17-11-16-12-18(26)21(23(27)28-2)22-20(16)19(30-17)13-25(31-22)14-24(15-29-25)9-6-7-10-24/h12,17,19,26H,3-11,13-15H2,1-2H3. The third-order valence-electron chi connectivity index (χ3n) is 7.76. The molecular formula is C25H34O6. The van der Waals surface area contributed by atoms with Crippen LogP contribution < -0.4 is 4.74 Å². The first-order chi connectivity index (χ1) is 15.0. The smallest absolute Gasteiger partial charge is 0.345 e. The van der Waals surface area contributed by atoms with Crippen LogP contribution in [0.2, 0.25) is 0 Å². The van der Waals surface area contributed by atoms with E-state index in [-0.39, 0.29) is 28.9 Å². The number of phenolic OH excluding ortho intramolecular Hbond substituents is 1. The van der Waals surface area contributed by atoms with Crippen molar-refractivity contribution in [2.24, 2.45) is 5.41 Å². The van der Waals surface area contributed by atoms with Gasteiger partial charge < -0.3 is 24.1 Å². The maximum absolute atomic E-state index is 12.6. The van der Waals surface area contributed by atoms with E-state index in [2.05, 4.69) is 6.92 Å². The van der Waals surface area contributed by atoms with Gasteiger partial charge in [0.05, 0.1) is 25.9 Å². The van der Waals surface area contributed by atoms with Crippen LogP contribution in [0.15, 0.2) is 6.07 Å². The van der Waals surface area contributed by atoms with Gasteiger partial charge >= 0.3 is 5.97 Å². The minimum absolute atomic E-state index is 0.0841. The summed E-state index contributed by atoms with van der Waals surface area (Å²) in [5, 5.41) is 10.8. The number of rotatable bonds is 5. The zero-order chi connectivity index (χ0) is 21.6. The SMILES string of the molecule is CCCCCC1Cc2cc(O)c(C(=O)OC)c3c2C(CC2(CC4(CCCC4)CO2)O3)O1. The van der Waals surface area contributed by atoms with Crippen LogP contribution in [0, 0.1) is 5.41 Å².